The van der Waals surface area contributed by atoms with Gasteiger partial charge in [0.05, 0.1) is 11.8 Å². The molecule has 0 radical (unpaired) electrons. The number of hydrogen-bond donors (Lipinski definition) is 1. The third kappa shape index (κ3) is 2.41. The van der Waals surface area contributed by atoms with Gasteiger partial charge < -0.3 is 5.11 Å². The van der Waals surface area contributed by atoms with Crippen LogP contribution in [0.4, 0.5) is 0 Å². The summed E-state index contributed by atoms with van der Waals surface area (Å²) in [6.07, 6.45) is 6.78. The third-order valence-corrected chi connectivity index (χ3v) is 3.97. The van der Waals surface area contributed by atoms with Crippen LogP contribution in [0.15, 0.2) is 12.2 Å². The van der Waals surface area contributed by atoms with Crippen molar-refractivity contribution >= 4 is 17.8 Å². The van der Waals surface area contributed by atoms with E-state index in [-0.39, 0.29) is 23.7 Å². The van der Waals surface area contributed by atoms with Gasteiger partial charge in [-0.1, -0.05) is 31.9 Å². The molecule has 2 aliphatic rings. The third-order valence-electron chi connectivity index (χ3n) is 3.97. The lowest BCUT2D eigenvalue weighted by Gasteiger charge is -2.22. The Labute approximate surface area is 112 Å². The molecule has 104 valence electrons. The van der Waals surface area contributed by atoms with E-state index in [0.29, 0.717) is 25.7 Å². The lowest BCUT2D eigenvalue weighted by atomic mass is 9.85. The number of hydrogen-bond acceptors (Lipinski definition) is 3. The maximum atomic E-state index is 12.3. The zero-order valence-electron chi connectivity index (χ0n) is 11.0. The molecule has 2 amide bonds. The fourth-order valence-electron chi connectivity index (χ4n) is 2.89. The average molecular weight is 265 g/mol. The van der Waals surface area contributed by atoms with Crippen LogP contribution in [0.3, 0.4) is 0 Å². The standard InChI is InChI=1S/C14H19NO4/c1-2-3-8-11(14(18)19)15-12(16)9-6-4-5-7-10(9)13(15)17/h4-5,9-11H,2-3,6-8H2,1H3,(H,18,19)/t9-,10+,11?. The smallest absolute Gasteiger partial charge is 0.326 e. The molecular weight excluding hydrogens is 246 g/mol. The van der Waals surface area contributed by atoms with Crippen LogP contribution in [0.1, 0.15) is 39.0 Å². The lowest BCUT2D eigenvalue weighted by molar-refractivity contribution is -0.155. The number of carboxylic acid groups (broad SMARTS) is 1. The number of likely N-dealkylation sites (tertiary alicyclic amines) is 1. The van der Waals surface area contributed by atoms with Crippen molar-refractivity contribution in [3.8, 4) is 0 Å². The van der Waals surface area contributed by atoms with E-state index >= 15 is 0 Å². The largest absolute Gasteiger partial charge is 0.480 e. The Kier molecular flexibility index (Phi) is 4.02. The summed E-state index contributed by atoms with van der Waals surface area (Å²) in [5.74, 6) is -2.38. The Hall–Kier alpha value is -1.65. The first-order valence-corrected chi connectivity index (χ1v) is 6.82. The van der Waals surface area contributed by atoms with Gasteiger partial charge in [0, 0.05) is 0 Å². The average Bonchev–Trinajstić information content (AvgIpc) is 2.64. The van der Waals surface area contributed by atoms with Crippen molar-refractivity contribution in [3.05, 3.63) is 12.2 Å². The van der Waals surface area contributed by atoms with Gasteiger partial charge in [0.1, 0.15) is 6.04 Å². The van der Waals surface area contributed by atoms with Crippen LogP contribution in [0.5, 0.6) is 0 Å². The summed E-state index contributed by atoms with van der Waals surface area (Å²) < 4.78 is 0. The highest BCUT2D eigenvalue weighted by atomic mass is 16.4. The number of aliphatic carboxylic acids is 1. The van der Waals surface area contributed by atoms with Crippen molar-refractivity contribution < 1.29 is 19.5 Å². The number of rotatable bonds is 5. The first-order chi connectivity index (χ1) is 9.07. The van der Waals surface area contributed by atoms with Crippen LogP contribution in [-0.4, -0.2) is 33.8 Å². The topological polar surface area (TPSA) is 74.7 Å². The summed E-state index contributed by atoms with van der Waals surface area (Å²) in [5, 5.41) is 9.27. The Bertz CT molecular complexity index is 403. The summed E-state index contributed by atoms with van der Waals surface area (Å²) in [7, 11) is 0. The maximum absolute atomic E-state index is 12.3. The normalized spacial score (nSPS) is 27.5. The minimum atomic E-state index is -1.08. The van der Waals surface area contributed by atoms with Crippen LogP contribution in [-0.2, 0) is 14.4 Å². The second-order valence-electron chi connectivity index (χ2n) is 5.20. The zero-order chi connectivity index (χ0) is 14.0. The SMILES string of the molecule is CCCCC(C(=O)O)N1C(=O)[C@H]2CC=CC[C@H]2C1=O. The second kappa shape index (κ2) is 5.55. The molecule has 3 atom stereocenters. The maximum Gasteiger partial charge on any atom is 0.326 e. The molecule has 1 heterocycles. The van der Waals surface area contributed by atoms with Crippen molar-refractivity contribution in [2.24, 2.45) is 11.8 Å². The van der Waals surface area contributed by atoms with Gasteiger partial charge in [-0.2, -0.15) is 0 Å². The van der Waals surface area contributed by atoms with E-state index in [1.807, 2.05) is 19.1 Å². The quantitative estimate of drug-likeness (QED) is 0.605. The summed E-state index contributed by atoms with van der Waals surface area (Å²) >= 11 is 0. The number of nitrogens with zero attached hydrogens (tertiary/aromatic N) is 1. The summed E-state index contributed by atoms with van der Waals surface area (Å²) in [5.41, 5.74) is 0. The highest BCUT2D eigenvalue weighted by Gasteiger charge is 2.50. The van der Waals surface area contributed by atoms with Gasteiger partial charge in [-0.3, -0.25) is 14.5 Å². The number of allylic oxidation sites excluding steroid dienone is 2. The minimum Gasteiger partial charge on any atom is -0.480 e. The molecule has 0 spiro atoms. The van der Waals surface area contributed by atoms with E-state index in [2.05, 4.69) is 0 Å². The van der Waals surface area contributed by atoms with E-state index in [9.17, 15) is 19.5 Å². The number of carbonyl (C=O) groups is 3. The fourth-order valence-corrected chi connectivity index (χ4v) is 2.89. The highest BCUT2D eigenvalue weighted by molar-refractivity contribution is 6.07. The molecule has 0 aromatic heterocycles. The minimum absolute atomic E-state index is 0.303. The first kappa shape index (κ1) is 13.8. The molecule has 1 aliphatic heterocycles. The van der Waals surface area contributed by atoms with Crippen LogP contribution in [0, 0.1) is 11.8 Å². The number of amides is 2. The van der Waals surface area contributed by atoms with Gasteiger partial charge in [-0.25, -0.2) is 4.79 Å². The van der Waals surface area contributed by atoms with Gasteiger partial charge in [0.15, 0.2) is 0 Å². The summed E-state index contributed by atoms with van der Waals surface area (Å²) in [6.45, 7) is 1.95. The van der Waals surface area contributed by atoms with E-state index in [1.165, 1.54) is 0 Å². The molecule has 19 heavy (non-hydrogen) atoms. The van der Waals surface area contributed by atoms with Crippen LogP contribution in [0.25, 0.3) is 0 Å². The highest BCUT2D eigenvalue weighted by Crippen LogP contribution is 2.36. The number of unbranched alkanes of at least 4 members (excludes halogenated alkanes) is 1. The van der Waals surface area contributed by atoms with E-state index in [1.54, 1.807) is 0 Å². The molecule has 1 saturated heterocycles. The molecule has 0 bridgehead atoms. The van der Waals surface area contributed by atoms with Crippen molar-refractivity contribution in [2.75, 3.05) is 0 Å². The Morgan fingerprint density at radius 1 is 1.32 bits per heavy atom. The lowest BCUT2D eigenvalue weighted by Crippen LogP contribution is -2.45. The Balaban J connectivity index is 2.21. The van der Waals surface area contributed by atoms with Gasteiger partial charge in [0.2, 0.25) is 11.8 Å². The molecular formula is C14H19NO4. The predicted molar refractivity (Wildman–Crippen MR) is 68.2 cm³/mol. The summed E-state index contributed by atoms with van der Waals surface area (Å²) in [6, 6.07) is -0.995. The fraction of sp³-hybridized carbons (Fsp3) is 0.643. The monoisotopic (exact) mass is 265 g/mol. The van der Waals surface area contributed by atoms with E-state index in [4.69, 9.17) is 0 Å². The van der Waals surface area contributed by atoms with Gasteiger partial charge in [-0.15, -0.1) is 0 Å². The molecule has 5 heteroatoms. The van der Waals surface area contributed by atoms with E-state index in [0.717, 1.165) is 11.3 Å². The van der Waals surface area contributed by atoms with Gasteiger partial charge in [0.25, 0.3) is 0 Å². The molecule has 0 aromatic carbocycles. The first-order valence-electron chi connectivity index (χ1n) is 6.82. The summed E-state index contributed by atoms with van der Waals surface area (Å²) in [4.78, 5) is 36.9. The zero-order valence-corrected chi connectivity index (χ0v) is 11.0. The molecule has 2 rings (SSSR count). The molecule has 5 nitrogen and oxygen atoms in total. The molecule has 1 fully saturated rings. The van der Waals surface area contributed by atoms with Crippen LogP contribution < -0.4 is 0 Å². The number of imide groups is 1. The van der Waals surface area contributed by atoms with Crippen molar-refractivity contribution in [2.45, 2.75) is 45.1 Å². The Morgan fingerprint density at radius 2 is 1.84 bits per heavy atom. The van der Waals surface area contributed by atoms with E-state index < -0.39 is 12.0 Å². The van der Waals surface area contributed by atoms with Crippen molar-refractivity contribution in [1.82, 2.24) is 4.90 Å². The van der Waals surface area contributed by atoms with Crippen molar-refractivity contribution in [1.29, 1.82) is 0 Å². The number of carboxylic acids is 1. The van der Waals surface area contributed by atoms with Gasteiger partial charge >= 0.3 is 5.97 Å². The van der Waals surface area contributed by atoms with Crippen LogP contribution in [0.2, 0.25) is 0 Å². The molecule has 0 aromatic rings. The van der Waals surface area contributed by atoms with Crippen LogP contribution >= 0.6 is 0 Å². The molecule has 0 saturated carbocycles. The Morgan fingerprint density at radius 3 is 2.26 bits per heavy atom. The second-order valence-corrected chi connectivity index (χ2v) is 5.20. The molecule has 1 unspecified atom stereocenters. The van der Waals surface area contributed by atoms with Gasteiger partial charge in [-0.05, 0) is 19.3 Å². The molecule has 1 aliphatic carbocycles. The number of carbonyl (C=O) groups excluding carboxylic acids is 2. The predicted octanol–water partition coefficient (Wildman–Crippen LogP) is 1.58. The number of fused-ring (bicyclic) bond motifs is 1. The van der Waals surface area contributed by atoms with Crippen molar-refractivity contribution in [3.63, 3.8) is 0 Å². The molecule has 1 N–H and O–H groups in total.